The summed E-state index contributed by atoms with van der Waals surface area (Å²) >= 11 is 3.94. The van der Waals surface area contributed by atoms with Crippen LogP contribution in [0.1, 0.15) is 13.8 Å². The second-order valence-electron chi connectivity index (χ2n) is 2.89. The van der Waals surface area contributed by atoms with Crippen molar-refractivity contribution in [3.8, 4) is 0 Å². The standard InChI is InChI=1S/C6H10N2O2S/c1-6(2)4(9)7-5(10)8(6)3-11/h11H,3H2,1-2H3,(H,7,9,10). The molecule has 5 heteroatoms. The zero-order chi connectivity index (χ0) is 8.65. The predicted octanol–water partition coefficient (Wildman–Crippen LogP) is 0.204. The first-order valence-corrected chi connectivity index (χ1v) is 3.87. The van der Waals surface area contributed by atoms with E-state index in [1.807, 2.05) is 0 Å². The van der Waals surface area contributed by atoms with E-state index in [9.17, 15) is 9.59 Å². The molecule has 1 aliphatic heterocycles. The molecule has 0 unspecified atom stereocenters. The van der Waals surface area contributed by atoms with Crippen molar-refractivity contribution in [2.75, 3.05) is 5.88 Å². The third-order valence-corrected chi connectivity index (χ3v) is 2.12. The van der Waals surface area contributed by atoms with E-state index < -0.39 is 5.54 Å². The van der Waals surface area contributed by atoms with Crippen LogP contribution in [-0.2, 0) is 4.79 Å². The molecule has 3 amide bonds. The van der Waals surface area contributed by atoms with Crippen molar-refractivity contribution >= 4 is 24.6 Å². The van der Waals surface area contributed by atoms with Crippen LogP contribution in [-0.4, -0.2) is 28.3 Å². The van der Waals surface area contributed by atoms with Gasteiger partial charge in [0.15, 0.2) is 0 Å². The molecule has 0 bridgehead atoms. The molecule has 1 heterocycles. The highest BCUT2D eigenvalue weighted by Crippen LogP contribution is 2.20. The Hall–Kier alpha value is -0.710. The van der Waals surface area contributed by atoms with Crippen LogP contribution in [0.4, 0.5) is 4.79 Å². The Bertz CT molecular complexity index is 215. The highest BCUT2D eigenvalue weighted by Gasteiger charge is 2.44. The molecule has 0 spiro atoms. The Morgan fingerprint density at radius 2 is 2.09 bits per heavy atom. The van der Waals surface area contributed by atoms with E-state index >= 15 is 0 Å². The van der Waals surface area contributed by atoms with E-state index in [-0.39, 0.29) is 17.8 Å². The first-order chi connectivity index (χ1) is 5.00. The number of carbonyl (C=O) groups is 2. The molecule has 0 atom stereocenters. The number of imide groups is 1. The van der Waals surface area contributed by atoms with Crippen LogP contribution in [0.2, 0.25) is 0 Å². The number of rotatable bonds is 1. The van der Waals surface area contributed by atoms with Crippen molar-refractivity contribution < 1.29 is 9.59 Å². The van der Waals surface area contributed by atoms with Crippen molar-refractivity contribution in [3.05, 3.63) is 0 Å². The van der Waals surface area contributed by atoms with Gasteiger partial charge in [0.1, 0.15) is 5.54 Å². The van der Waals surface area contributed by atoms with E-state index in [2.05, 4.69) is 17.9 Å². The number of nitrogens with zero attached hydrogens (tertiary/aromatic N) is 1. The lowest BCUT2D eigenvalue weighted by atomic mass is 10.1. The van der Waals surface area contributed by atoms with E-state index in [4.69, 9.17) is 0 Å². The highest BCUT2D eigenvalue weighted by molar-refractivity contribution is 7.80. The van der Waals surface area contributed by atoms with E-state index in [0.29, 0.717) is 0 Å². The van der Waals surface area contributed by atoms with Crippen LogP contribution in [0, 0.1) is 0 Å². The summed E-state index contributed by atoms with van der Waals surface area (Å²) in [5.74, 6) is -0.0125. The van der Waals surface area contributed by atoms with E-state index in [1.54, 1.807) is 13.8 Å². The third-order valence-electron chi connectivity index (χ3n) is 1.84. The van der Waals surface area contributed by atoms with Gasteiger partial charge in [-0.2, -0.15) is 12.6 Å². The fraction of sp³-hybridized carbons (Fsp3) is 0.667. The van der Waals surface area contributed by atoms with Gasteiger partial charge in [-0.25, -0.2) is 4.79 Å². The van der Waals surface area contributed by atoms with Crippen LogP contribution in [0.3, 0.4) is 0 Å². The van der Waals surface area contributed by atoms with Crippen molar-refractivity contribution in [1.29, 1.82) is 0 Å². The lowest BCUT2D eigenvalue weighted by Gasteiger charge is -2.25. The maximum atomic E-state index is 11.1. The molecule has 0 aromatic rings. The van der Waals surface area contributed by atoms with Crippen molar-refractivity contribution in [2.24, 2.45) is 0 Å². The monoisotopic (exact) mass is 174 g/mol. The van der Waals surface area contributed by atoms with Gasteiger partial charge in [-0.3, -0.25) is 10.1 Å². The molecule has 1 aliphatic rings. The Balaban J connectivity index is 2.93. The largest absolute Gasteiger partial charge is 0.325 e. The van der Waals surface area contributed by atoms with E-state index in [0.717, 1.165) is 0 Å². The average molecular weight is 174 g/mol. The molecule has 0 saturated carbocycles. The van der Waals surface area contributed by atoms with Crippen molar-refractivity contribution in [1.82, 2.24) is 10.2 Å². The minimum Gasteiger partial charge on any atom is -0.301 e. The molecule has 1 rings (SSSR count). The van der Waals surface area contributed by atoms with Crippen LogP contribution < -0.4 is 5.32 Å². The molecule has 1 fully saturated rings. The topological polar surface area (TPSA) is 49.4 Å². The molecule has 62 valence electrons. The van der Waals surface area contributed by atoms with Gasteiger partial charge in [0.2, 0.25) is 0 Å². The lowest BCUT2D eigenvalue weighted by Crippen LogP contribution is -2.43. The second-order valence-corrected chi connectivity index (χ2v) is 3.17. The molecular weight excluding hydrogens is 164 g/mol. The summed E-state index contributed by atoms with van der Waals surface area (Å²) < 4.78 is 0. The molecule has 1 N–H and O–H groups in total. The SMILES string of the molecule is CC1(C)C(=O)NC(=O)N1CS. The van der Waals surface area contributed by atoms with Crippen LogP contribution in [0.15, 0.2) is 0 Å². The minimum absolute atomic E-state index is 0.255. The second kappa shape index (κ2) is 2.41. The Kier molecular flexibility index (Phi) is 1.83. The Morgan fingerprint density at radius 1 is 1.55 bits per heavy atom. The number of nitrogens with one attached hydrogen (secondary N) is 1. The van der Waals surface area contributed by atoms with Crippen molar-refractivity contribution in [3.63, 3.8) is 0 Å². The molecule has 0 aromatic heterocycles. The number of amides is 3. The quantitative estimate of drug-likeness (QED) is 0.441. The molecule has 0 aliphatic carbocycles. The average Bonchev–Trinajstić information content (AvgIpc) is 2.04. The smallest absolute Gasteiger partial charge is 0.301 e. The van der Waals surface area contributed by atoms with Crippen molar-refractivity contribution in [2.45, 2.75) is 19.4 Å². The summed E-state index contributed by atoms with van der Waals surface area (Å²) in [7, 11) is 0. The van der Waals surface area contributed by atoms with Crippen LogP contribution >= 0.6 is 12.6 Å². The van der Waals surface area contributed by atoms with Gasteiger partial charge >= 0.3 is 6.03 Å². The fourth-order valence-electron chi connectivity index (χ4n) is 0.935. The molecular formula is C6H10N2O2S. The number of urea groups is 1. The number of hydrogen-bond donors (Lipinski definition) is 2. The zero-order valence-corrected chi connectivity index (χ0v) is 7.31. The van der Waals surface area contributed by atoms with E-state index in [1.165, 1.54) is 4.90 Å². The summed E-state index contributed by atoms with van der Waals surface area (Å²) in [4.78, 5) is 23.4. The maximum Gasteiger partial charge on any atom is 0.325 e. The van der Waals surface area contributed by atoms with Gasteiger partial charge in [-0.1, -0.05) is 0 Å². The van der Waals surface area contributed by atoms with Gasteiger partial charge in [0, 0.05) is 0 Å². The van der Waals surface area contributed by atoms with Gasteiger partial charge in [-0.05, 0) is 13.8 Å². The zero-order valence-electron chi connectivity index (χ0n) is 6.42. The highest BCUT2D eigenvalue weighted by atomic mass is 32.1. The van der Waals surface area contributed by atoms with Gasteiger partial charge in [0.05, 0.1) is 5.88 Å². The summed E-state index contributed by atoms with van der Waals surface area (Å²) in [5, 5.41) is 2.21. The molecule has 4 nitrogen and oxygen atoms in total. The lowest BCUT2D eigenvalue weighted by molar-refractivity contribution is -0.124. The Labute approximate surface area is 70.3 Å². The van der Waals surface area contributed by atoms with Crippen LogP contribution in [0.5, 0.6) is 0 Å². The first kappa shape index (κ1) is 8.39. The molecule has 1 saturated heterocycles. The van der Waals surface area contributed by atoms with Gasteiger partial charge in [-0.15, -0.1) is 0 Å². The summed E-state index contributed by atoms with van der Waals surface area (Å²) in [5.41, 5.74) is -0.751. The number of hydrogen-bond acceptors (Lipinski definition) is 3. The summed E-state index contributed by atoms with van der Waals surface area (Å²) in [6, 6.07) is -0.366. The Morgan fingerprint density at radius 3 is 2.27 bits per heavy atom. The van der Waals surface area contributed by atoms with Crippen LogP contribution in [0.25, 0.3) is 0 Å². The number of thiol groups is 1. The molecule has 11 heavy (non-hydrogen) atoms. The molecule has 0 aromatic carbocycles. The summed E-state index contributed by atoms with van der Waals surface area (Å²) in [6.45, 7) is 3.37. The van der Waals surface area contributed by atoms with Gasteiger partial charge in [0.25, 0.3) is 5.91 Å². The summed E-state index contributed by atoms with van der Waals surface area (Å²) in [6.07, 6.45) is 0. The fourth-order valence-corrected chi connectivity index (χ4v) is 1.42. The minimum atomic E-state index is -0.751. The molecule has 0 radical (unpaired) electrons. The predicted molar refractivity (Wildman–Crippen MR) is 43.3 cm³/mol. The normalized spacial score (nSPS) is 22.3. The first-order valence-electron chi connectivity index (χ1n) is 3.24. The number of carbonyl (C=O) groups excluding carboxylic acids is 2. The third kappa shape index (κ3) is 1.09. The van der Waals surface area contributed by atoms with Gasteiger partial charge < -0.3 is 4.90 Å². The maximum absolute atomic E-state index is 11.1.